The van der Waals surface area contributed by atoms with Crippen LogP contribution in [-0.4, -0.2) is 110 Å². The molecule has 0 saturated carbocycles. The second-order valence-electron chi connectivity index (χ2n) is 8.54. The van der Waals surface area contributed by atoms with Crippen LogP contribution in [0.2, 0.25) is 0 Å². The first-order chi connectivity index (χ1) is 14.8. The Morgan fingerprint density at radius 3 is 2.77 bits per heavy atom. The summed E-state index contributed by atoms with van der Waals surface area (Å²) >= 11 is 0. The Morgan fingerprint density at radius 1 is 1.26 bits per heavy atom. The topological polar surface area (TPSA) is 153 Å². The number of piperazine rings is 1. The minimum atomic E-state index is -4.81. The Hall–Kier alpha value is -1.55. The molecule has 4 saturated heterocycles. The third-order valence-corrected chi connectivity index (χ3v) is 6.65. The summed E-state index contributed by atoms with van der Waals surface area (Å²) in [6, 6.07) is -1.94. The van der Waals surface area contributed by atoms with Gasteiger partial charge in [-0.05, 0) is 31.7 Å². The summed E-state index contributed by atoms with van der Waals surface area (Å²) in [7, 11) is -4.81. The van der Waals surface area contributed by atoms with E-state index >= 15 is 0 Å². The van der Waals surface area contributed by atoms with E-state index in [1.54, 1.807) is 0 Å². The summed E-state index contributed by atoms with van der Waals surface area (Å²) in [4.78, 5) is 34.0. The molecule has 2 unspecified atom stereocenters. The minimum Gasteiger partial charge on any atom is -0.314 e. The van der Waals surface area contributed by atoms with E-state index < -0.39 is 34.4 Å². The maximum atomic E-state index is 12.5. The van der Waals surface area contributed by atoms with Crippen LogP contribution in [0.15, 0.2) is 0 Å². The predicted molar refractivity (Wildman–Crippen MR) is 107 cm³/mol. The zero-order valence-electron chi connectivity index (χ0n) is 17.2. The number of nitrogens with zero attached hydrogens (tertiary/aromatic N) is 3. The highest BCUT2D eigenvalue weighted by Crippen LogP contribution is 2.30. The van der Waals surface area contributed by atoms with E-state index in [-0.39, 0.29) is 12.6 Å². The van der Waals surface area contributed by atoms with Crippen molar-refractivity contribution in [3.05, 3.63) is 0 Å². The SMILES string of the molecule is O=C(NOC[C@@H]1C[C@@H](CN2CCNCC2)CN1)C1CCC2CN1C(=O)N2OS(=O)(=O)O. The van der Waals surface area contributed by atoms with Crippen molar-refractivity contribution in [1.82, 2.24) is 31.0 Å². The average Bonchev–Trinajstić information content (AvgIpc) is 3.26. The molecule has 4 aliphatic rings. The second-order valence-corrected chi connectivity index (χ2v) is 9.55. The molecular formula is C17H30N6O7S. The molecule has 4 N–H and O–H groups in total. The number of amides is 3. The molecule has 31 heavy (non-hydrogen) atoms. The Labute approximate surface area is 181 Å². The highest BCUT2D eigenvalue weighted by Gasteiger charge is 2.49. The van der Waals surface area contributed by atoms with Crippen molar-refractivity contribution >= 4 is 22.3 Å². The summed E-state index contributed by atoms with van der Waals surface area (Å²) in [6.07, 6.45) is 1.68. The van der Waals surface area contributed by atoms with Gasteiger partial charge in [0.1, 0.15) is 6.04 Å². The standard InChI is InChI=1S/C17H30N6O7S/c24-16(15-2-1-14-10-22(15)17(25)23(14)30-31(26,27)28)20-29-11-13-7-12(8-19-13)9-21-5-3-18-4-6-21/h12-15,18-19H,1-11H2,(H,20,24)(H,26,27,28)/t12-,13+,14?,15?/m1/s1. The largest absolute Gasteiger partial charge is 0.418 e. The Balaban J connectivity index is 1.19. The molecule has 3 amide bonds. The van der Waals surface area contributed by atoms with Gasteiger partial charge in [0, 0.05) is 45.3 Å². The second kappa shape index (κ2) is 9.52. The smallest absolute Gasteiger partial charge is 0.314 e. The van der Waals surface area contributed by atoms with Gasteiger partial charge in [-0.15, -0.1) is 4.28 Å². The number of hydroxylamine groups is 3. The maximum Gasteiger partial charge on any atom is 0.418 e. The number of carbonyl (C=O) groups is 2. The van der Waals surface area contributed by atoms with Crippen LogP contribution in [0.1, 0.15) is 19.3 Å². The molecule has 4 aliphatic heterocycles. The van der Waals surface area contributed by atoms with Crippen molar-refractivity contribution in [2.45, 2.75) is 37.4 Å². The first-order valence-corrected chi connectivity index (χ1v) is 12.0. The number of piperidine rings is 1. The van der Waals surface area contributed by atoms with Crippen LogP contribution >= 0.6 is 0 Å². The van der Waals surface area contributed by atoms with Gasteiger partial charge >= 0.3 is 16.4 Å². The van der Waals surface area contributed by atoms with Gasteiger partial charge in [0.05, 0.1) is 12.6 Å². The number of rotatable bonds is 8. The summed E-state index contributed by atoms with van der Waals surface area (Å²) in [6.45, 7) is 6.63. The summed E-state index contributed by atoms with van der Waals surface area (Å²) in [5.41, 5.74) is 2.42. The zero-order chi connectivity index (χ0) is 22.0. The van der Waals surface area contributed by atoms with E-state index in [2.05, 4.69) is 25.3 Å². The maximum absolute atomic E-state index is 12.5. The van der Waals surface area contributed by atoms with Gasteiger partial charge in [0.25, 0.3) is 5.91 Å². The van der Waals surface area contributed by atoms with Crippen molar-refractivity contribution in [3.63, 3.8) is 0 Å². The van der Waals surface area contributed by atoms with Gasteiger partial charge in [-0.1, -0.05) is 0 Å². The van der Waals surface area contributed by atoms with Crippen molar-refractivity contribution < 1.29 is 31.7 Å². The molecular weight excluding hydrogens is 432 g/mol. The van der Waals surface area contributed by atoms with E-state index in [0.717, 1.165) is 45.7 Å². The molecule has 14 heteroatoms. The number of hydrogen-bond donors (Lipinski definition) is 4. The lowest BCUT2D eigenvalue weighted by atomic mass is 10.0. The van der Waals surface area contributed by atoms with Crippen LogP contribution in [0.5, 0.6) is 0 Å². The van der Waals surface area contributed by atoms with Crippen LogP contribution in [0.3, 0.4) is 0 Å². The first-order valence-electron chi connectivity index (χ1n) is 10.6. The molecule has 2 bridgehead atoms. The number of carbonyl (C=O) groups excluding carboxylic acids is 2. The van der Waals surface area contributed by atoms with Crippen molar-refractivity contribution in [1.29, 1.82) is 0 Å². The fourth-order valence-electron chi connectivity index (χ4n) is 4.81. The molecule has 4 heterocycles. The number of urea groups is 1. The molecule has 13 nitrogen and oxygen atoms in total. The van der Waals surface area contributed by atoms with Crippen molar-refractivity contribution in [3.8, 4) is 0 Å². The average molecular weight is 463 g/mol. The van der Waals surface area contributed by atoms with Gasteiger partial charge in [0.2, 0.25) is 0 Å². The normalized spacial score (nSPS) is 32.0. The van der Waals surface area contributed by atoms with Gasteiger partial charge < -0.3 is 20.4 Å². The third kappa shape index (κ3) is 5.63. The van der Waals surface area contributed by atoms with Gasteiger partial charge in [-0.2, -0.15) is 13.5 Å². The summed E-state index contributed by atoms with van der Waals surface area (Å²) < 4.78 is 35.1. The van der Waals surface area contributed by atoms with Crippen LogP contribution in [0.25, 0.3) is 0 Å². The first kappa shape index (κ1) is 22.6. The van der Waals surface area contributed by atoms with E-state index in [0.29, 0.717) is 30.4 Å². The monoisotopic (exact) mass is 462 g/mol. The van der Waals surface area contributed by atoms with E-state index in [1.165, 1.54) is 4.90 Å². The van der Waals surface area contributed by atoms with Gasteiger partial charge in [-0.3, -0.25) is 14.2 Å². The van der Waals surface area contributed by atoms with Gasteiger partial charge in [-0.25, -0.2) is 10.3 Å². The Morgan fingerprint density at radius 2 is 2.03 bits per heavy atom. The molecule has 0 aromatic heterocycles. The van der Waals surface area contributed by atoms with E-state index in [4.69, 9.17) is 9.39 Å². The van der Waals surface area contributed by atoms with Gasteiger partial charge in [0.15, 0.2) is 0 Å². The van der Waals surface area contributed by atoms with Crippen LogP contribution < -0.4 is 16.1 Å². The third-order valence-electron chi connectivity index (χ3n) is 6.30. The lowest BCUT2D eigenvalue weighted by Gasteiger charge is -2.29. The molecule has 4 rings (SSSR count). The molecule has 4 fully saturated rings. The Bertz CT molecular complexity index is 777. The highest BCUT2D eigenvalue weighted by molar-refractivity contribution is 7.80. The quantitative estimate of drug-likeness (QED) is 0.234. The predicted octanol–water partition coefficient (Wildman–Crippen LogP) is -2.08. The summed E-state index contributed by atoms with van der Waals surface area (Å²) in [5, 5.41) is 7.39. The molecule has 176 valence electrons. The fourth-order valence-corrected chi connectivity index (χ4v) is 5.20. The van der Waals surface area contributed by atoms with Crippen LogP contribution in [-0.2, 0) is 24.3 Å². The molecule has 0 aromatic carbocycles. The van der Waals surface area contributed by atoms with Crippen molar-refractivity contribution in [2.24, 2.45) is 5.92 Å². The number of fused-ring (bicyclic) bond motifs is 2. The number of nitrogens with one attached hydrogen (secondary N) is 3. The lowest BCUT2D eigenvalue weighted by Crippen LogP contribution is -2.50. The Kier molecular flexibility index (Phi) is 6.95. The van der Waals surface area contributed by atoms with Crippen LogP contribution in [0.4, 0.5) is 4.79 Å². The van der Waals surface area contributed by atoms with Crippen molar-refractivity contribution in [2.75, 3.05) is 52.4 Å². The summed E-state index contributed by atoms with van der Waals surface area (Å²) in [5.74, 6) is 0.0876. The lowest BCUT2D eigenvalue weighted by molar-refractivity contribution is -0.139. The molecule has 4 atom stereocenters. The molecule has 0 aliphatic carbocycles. The number of hydrogen-bond acceptors (Lipinski definition) is 9. The minimum absolute atomic E-state index is 0.143. The van der Waals surface area contributed by atoms with Crippen LogP contribution in [0, 0.1) is 5.92 Å². The molecule has 0 aromatic rings. The van der Waals surface area contributed by atoms with E-state index in [1.807, 2.05) is 0 Å². The molecule has 0 spiro atoms. The zero-order valence-corrected chi connectivity index (χ0v) is 18.1. The fraction of sp³-hybridized carbons (Fsp3) is 0.882. The highest BCUT2D eigenvalue weighted by atomic mass is 32.3. The molecule has 0 radical (unpaired) electrons. The van der Waals surface area contributed by atoms with E-state index in [9.17, 15) is 18.0 Å².